The number of aryl methyl sites for hydroxylation is 2. The lowest BCUT2D eigenvalue weighted by molar-refractivity contribution is -0.140. The van der Waals surface area contributed by atoms with Gasteiger partial charge in [-0.1, -0.05) is 6.07 Å². The number of carbonyl (C=O) groups is 2. The van der Waals surface area contributed by atoms with Crippen LogP contribution in [0.25, 0.3) is 5.76 Å². The maximum atomic E-state index is 13.0. The molecule has 1 aliphatic heterocycles. The average molecular weight is 423 g/mol. The first kappa shape index (κ1) is 20.0. The van der Waals surface area contributed by atoms with Gasteiger partial charge < -0.3 is 19.2 Å². The van der Waals surface area contributed by atoms with Crippen molar-refractivity contribution in [3.8, 4) is 5.75 Å². The molecule has 7 heteroatoms. The molecule has 154 valence electrons. The summed E-state index contributed by atoms with van der Waals surface area (Å²) in [6.45, 7) is 3.93. The summed E-state index contributed by atoms with van der Waals surface area (Å²) >= 11 is 1.50. The SMILES string of the molecule is COc1cc(C)c(/C(O)=C2/C(=O)C(=O)N(Cc3cccs3)C2c2ccco2)cc1C. The summed E-state index contributed by atoms with van der Waals surface area (Å²) in [4.78, 5) is 28.3. The van der Waals surface area contributed by atoms with Gasteiger partial charge in [0.15, 0.2) is 0 Å². The van der Waals surface area contributed by atoms with Crippen LogP contribution in [-0.2, 0) is 16.1 Å². The fraction of sp³-hybridized carbons (Fsp3) is 0.217. The van der Waals surface area contributed by atoms with Gasteiger partial charge in [0.2, 0.25) is 0 Å². The standard InChI is InChI=1S/C23H21NO5S/c1-13-11-18(28-3)14(2)10-16(13)21(25)19-20(17-7-4-8-29-17)24(23(27)22(19)26)12-15-6-5-9-30-15/h4-11,20,25H,12H2,1-3H3/b21-19-. The Morgan fingerprint density at radius 2 is 2.00 bits per heavy atom. The number of benzene rings is 1. The molecule has 3 aromatic rings. The number of aliphatic hydroxyl groups is 1. The Morgan fingerprint density at radius 3 is 2.63 bits per heavy atom. The number of ketones is 1. The first-order valence-corrected chi connectivity index (χ1v) is 10.3. The number of rotatable bonds is 5. The minimum absolute atomic E-state index is 0.0270. The number of aliphatic hydroxyl groups excluding tert-OH is 1. The van der Waals surface area contributed by atoms with Gasteiger partial charge in [-0.15, -0.1) is 11.3 Å². The molecule has 1 amide bonds. The monoisotopic (exact) mass is 423 g/mol. The Morgan fingerprint density at radius 1 is 1.20 bits per heavy atom. The quantitative estimate of drug-likeness (QED) is 0.369. The van der Waals surface area contributed by atoms with Crippen molar-refractivity contribution in [3.63, 3.8) is 0 Å². The van der Waals surface area contributed by atoms with E-state index in [1.807, 2.05) is 31.4 Å². The predicted octanol–water partition coefficient (Wildman–Crippen LogP) is 4.59. The highest BCUT2D eigenvalue weighted by Crippen LogP contribution is 2.41. The number of hydrogen-bond donors (Lipinski definition) is 1. The Hall–Kier alpha value is -3.32. The van der Waals surface area contributed by atoms with Crippen LogP contribution in [0.2, 0.25) is 0 Å². The molecule has 30 heavy (non-hydrogen) atoms. The minimum atomic E-state index is -0.802. The van der Waals surface area contributed by atoms with Crippen molar-refractivity contribution in [1.82, 2.24) is 4.90 Å². The number of carbonyl (C=O) groups excluding carboxylic acids is 2. The van der Waals surface area contributed by atoms with Gasteiger partial charge in [0.05, 0.1) is 25.5 Å². The highest BCUT2D eigenvalue weighted by atomic mass is 32.1. The third-order valence-electron chi connectivity index (χ3n) is 5.26. The van der Waals surface area contributed by atoms with Crippen LogP contribution < -0.4 is 4.74 Å². The predicted molar refractivity (Wildman–Crippen MR) is 113 cm³/mol. The molecule has 1 N–H and O–H groups in total. The Labute approximate surface area is 178 Å². The topological polar surface area (TPSA) is 80.0 Å². The van der Waals surface area contributed by atoms with Crippen LogP contribution in [0.3, 0.4) is 0 Å². The molecule has 6 nitrogen and oxygen atoms in total. The van der Waals surface area contributed by atoms with Gasteiger partial charge in [-0.25, -0.2) is 0 Å². The van der Waals surface area contributed by atoms with E-state index in [4.69, 9.17) is 9.15 Å². The Balaban J connectivity index is 1.87. The van der Waals surface area contributed by atoms with E-state index in [9.17, 15) is 14.7 Å². The van der Waals surface area contributed by atoms with Crippen molar-refractivity contribution in [2.24, 2.45) is 0 Å². The van der Waals surface area contributed by atoms with E-state index in [0.717, 1.165) is 16.0 Å². The maximum Gasteiger partial charge on any atom is 0.296 e. The highest BCUT2D eigenvalue weighted by Gasteiger charge is 2.47. The van der Waals surface area contributed by atoms with E-state index < -0.39 is 17.7 Å². The molecule has 0 bridgehead atoms. The molecule has 0 radical (unpaired) electrons. The first-order valence-electron chi connectivity index (χ1n) is 9.42. The van der Waals surface area contributed by atoms with Crippen molar-refractivity contribution in [1.29, 1.82) is 0 Å². The van der Waals surface area contributed by atoms with E-state index in [0.29, 0.717) is 17.1 Å². The number of Topliss-reactive ketones (excluding diaryl/α,β-unsaturated/α-hetero) is 1. The molecule has 2 aromatic heterocycles. The van der Waals surface area contributed by atoms with E-state index in [2.05, 4.69) is 0 Å². The number of ether oxygens (including phenoxy) is 1. The van der Waals surface area contributed by atoms with Gasteiger partial charge in [-0.05, 0) is 60.7 Å². The zero-order valence-corrected chi connectivity index (χ0v) is 17.7. The third kappa shape index (κ3) is 3.31. The largest absolute Gasteiger partial charge is 0.507 e. The van der Waals surface area contributed by atoms with Crippen molar-refractivity contribution < 1.29 is 23.8 Å². The number of furan rings is 1. The molecule has 1 saturated heterocycles. The molecule has 0 saturated carbocycles. The van der Waals surface area contributed by atoms with Crippen LogP contribution >= 0.6 is 11.3 Å². The number of methoxy groups -OCH3 is 1. The number of thiophene rings is 1. The van der Waals surface area contributed by atoms with E-state index in [1.54, 1.807) is 31.4 Å². The lowest BCUT2D eigenvalue weighted by Crippen LogP contribution is -2.28. The van der Waals surface area contributed by atoms with Crippen molar-refractivity contribution >= 4 is 28.8 Å². The minimum Gasteiger partial charge on any atom is -0.507 e. The van der Waals surface area contributed by atoms with Gasteiger partial charge in [0.1, 0.15) is 23.3 Å². The lowest BCUT2D eigenvalue weighted by Gasteiger charge is -2.23. The summed E-state index contributed by atoms with van der Waals surface area (Å²) in [5.41, 5.74) is 2.06. The van der Waals surface area contributed by atoms with Gasteiger partial charge in [0, 0.05) is 10.4 Å². The molecular weight excluding hydrogens is 402 g/mol. The van der Waals surface area contributed by atoms with Gasteiger partial charge in [-0.2, -0.15) is 0 Å². The van der Waals surface area contributed by atoms with Crippen LogP contribution in [0.1, 0.15) is 33.4 Å². The van der Waals surface area contributed by atoms with Gasteiger partial charge >= 0.3 is 0 Å². The zero-order chi connectivity index (χ0) is 21.4. The number of amides is 1. The maximum absolute atomic E-state index is 13.0. The molecule has 0 aliphatic carbocycles. The number of likely N-dealkylation sites (tertiary alicyclic amines) is 1. The molecule has 1 aliphatic rings. The van der Waals surface area contributed by atoms with E-state index >= 15 is 0 Å². The smallest absolute Gasteiger partial charge is 0.296 e. The molecule has 0 spiro atoms. The normalized spacial score (nSPS) is 18.2. The Bertz CT molecular complexity index is 1130. The van der Waals surface area contributed by atoms with E-state index in [-0.39, 0.29) is 17.9 Å². The Kier molecular flexibility index (Phi) is 5.22. The first-order chi connectivity index (χ1) is 14.4. The summed E-state index contributed by atoms with van der Waals surface area (Å²) in [7, 11) is 1.58. The summed E-state index contributed by atoms with van der Waals surface area (Å²) < 4.78 is 10.9. The molecule has 1 unspecified atom stereocenters. The lowest BCUT2D eigenvalue weighted by atomic mass is 9.95. The van der Waals surface area contributed by atoms with Crippen molar-refractivity contribution in [2.45, 2.75) is 26.4 Å². The summed E-state index contributed by atoms with van der Waals surface area (Å²) in [6.07, 6.45) is 1.49. The second kappa shape index (κ2) is 7.84. The summed E-state index contributed by atoms with van der Waals surface area (Å²) in [5, 5.41) is 13.1. The second-order valence-corrected chi connectivity index (χ2v) is 8.19. The van der Waals surface area contributed by atoms with Gasteiger partial charge in [0.25, 0.3) is 11.7 Å². The summed E-state index contributed by atoms with van der Waals surface area (Å²) in [6, 6.07) is 9.95. The number of nitrogens with zero attached hydrogens (tertiary/aromatic N) is 1. The fourth-order valence-electron chi connectivity index (χ4n) is 3.77. The van der Waals surface area contributed by atoms with Crippen LogP contribution in [-0.4, -0.2) is 28.8 Å². The van der Waals surface area contributed by atoms with E-state index in [1.165, 1.54) is 22.5 Å². The van der Waals surface area contributed by atoms with Crippen LogP contribution in [0, 0.1) is 13.8 Å². The van der Waals surface area contributed by atoms with Crippen molar-refractivity contribution in [2.75, 3.05) is 7.11 Å². The second-order valence-electron chi connectivity index (χ2n) is 7.16. The molecule has 1 atom stereocenters. The van der Waals surface area contributed by atoms with Crippen LogP contribution in [0.4, 0.5) is 0 Å². The fourth-order valence-corrected chi connectivity index (χ4v) is 4.47. The molecule has 1 fully saturated rings. The third-order valence-corrected chi connectivity index (χ3v) is 6.12. The van der Waals surface area contributed by atoms with Crippen LogP contribution in [0.5, 0.6) is 5.75 Å². The highest BCUT2D eigenvalue weighted by molar-refractivity contribution is 7.09. The molecule has 3 heterocycles. The molecular formula is C23H21NO5S. The number of hydrogen-bond acceptors (Lipinski definition) is 6. The summed E-state index contributed by atoms with van der Waals surface area (Å²) in [5.74, 6) is -0.487. The van der Waals surface area contributed by atoms with Gasteiger partial charge in [-0.3, -0.25) is 9.59 Å². The van der Waals surface area contributed by atoms with Crippen molar-refractivity contribution in [3.05, 3.63) is 80.9 Å². The zero-order valence-electron chi connectivity index (χ0n) is 16.8. The average Bonchev–Trinajstić information content (AvgIpc) is 3.48. The van der Waals surface area contributed by atoms with Crippen LogP contribution in [0.15, 0.2) is 58.0 Å². The molecule has 4 rings (SSSR count). The molecule has 1 aromatic carbocycles.